The van der Waals surface area contributed by atoms with Crippen LogP contribution in [-0.2, 0) is 48.0 Å². The first kappa shape index (κ1) is 40.3. The lowest BCUT2D eigenvalue weighted by molar-refractivity contribution is -0.134. The van der Waals surface area contributed by atoms with Gasteiger partial charge in [0.05, 0.1) is 39.0 Å². The van der Waals surface area contributed by atoms with Crippen LogP contribution in [0.2, 0.25) is 5.04 Å². The van der Waals surface area contributed by atoms with Gasteiger partial charge in [0.1, 0.15) is 18.8 Å². The number of amides is 1. The van der Waals surface area contributed by atoms with Crippen LogP contribution in [0.5, 0.6) is 0 Å². The van der Waals surface area contributed by atoms with Crippen LogP contribution in [0.3, 0.4) is 0 Å². The van der Waals surface area contributed by atoms with Gasteiger partial charge in [0, 0.05) is 6.08 Å². The number of methoxy groups -OCH3 is 1. The molecule has 0 bridgehead atoms. The summed E-state index contributed by atoms with van der Waals surface area (Å²) >= 11 is 0. The van der Waals surface area contributed by atoms with E-state index in [1.165, 1.54) is 13.2 Å². The number of carbonyl (C=O) groups excluding carboxylic acids is 2. The molecule has 5 aromatic rings. The van der Waals surface area contributed by atoms with Gasteiger partial charge in [0.15, 0.2) is 0 Å². The first-order valence-electron chi connectivity index (χ1n) is 19.0. The van der Waals surface area contributed by atoms with Crippen LogP contribution in [0.4, 0.5) is 4.79 Å². The summed E-state index contributed by atoms with van der Waals surface area (Å²) in [4.78, 5) is 29.0. The Morgan fingerprint density at radius 2 is 1.05 bits per heavy atom. The fourth-order valence-corrected chi connectivity index (χ4v) is 12.1. The predicted molar refractivity (Wildman–Crippen MR) is 221 cm³/mol. The fraction of sp³-hybridized carbons (Fsp3) is 0.277. The average Bonchev–Trinajstić information content (AvgIpc) is 3.53. The van der Waals surface area contributed by atoms with Crippen molar-refractivity contribution in [2.45, 2.75) is 69.9 Å². The summed E-state index contributed by atoms with van der Waals surface area (Å²) in [5.41, 5.74) is 2.76. The summed E-state index contributed by atoms with van der Waals surface area (Å²) in [6, 6.07) is 48.6. The molecule has 0 spiro atoms. The van der Waals surface area contributed by atoms with Crippen LogP contribution < -0.4 is 10.4 Å². The molecule has 1 saturated heterocycles. The molecule has 0 aromatic heterocycles. The number of benzene rings is 5. The summed E-state index contributed by atoms with van der Waals surface area (Å²) in [7, 11) is -1.77. The lowest BCUT2D eigenvalue weighted by Crippen LogP contribution is -2.67. The van der Waals surface area contributed by atoms with Gasteiger partial charge in [-0.3, -0.25) is 4.90 Å². The first-order chi connectivity index (χ1) is 27.2. The van der Waals surface area contributed by atoms with E-state index in [0.29, 0.717) is 0 Å². The minimum absolute atomic E-state index is 0.0526. The largest absolute Gasteiger partial charge is 0.466 e. The topological polar surface area (TPSA) is 83.5 Å². The van der Waals surface area contributed by atoms with Crippen molar-refractivity contribution in [1.29, 1.82) is 0 Å². The van der Waals surface area contributed by atoms with Crippen LogP contribution in [0, 0.1) is 0 Å². The Kier molecular flexibility index (Phi) is 13.7. The highest BCUT2D eigenvalue weighted by atomic mass is 28.4. The van der Waals surface area contributed by atoms with Crippen LogP contribution in [0.25, 0.3) is 0 Å². The van der Waals surface area contributed by atoms with Gasteiger partial charge in [0.25, 0.3) is 8.32 Å². The number of ether oxygens (including phenoxy) is 4. The lowest BCUT2D eigenvalue weighted by Gasteiger charge is -2.44. The average molecular weight is 770 g/mol. The van der Waals surface area contributed by atoms with Gasteiger partial charge in [0.2, 0.25) is 0 Å². The standard InChI is InChI=1S/C47H51NO7Si/c1-47(2,3)56(39-26-16-8-17-27-39,40-28-18-9-19-29-40)55-35-42-45(53-33-37-22-12-6-13-23-37)44(52-32-36-20-10-5-11-21-36)41(30-31-43(49)51-4)48(42)46(50)54-34-38-24-14-7-15-25-38/h5-31,41-42,44-45H,32-35H2,1-4H3/b31-30+/t41-,42-,44-,45-/m1/s1. The van der Waals surface area contributed by atoms with Crippen molar-refractivity contribution in [3.8, 4) is 0 Å². The number of hydrogen-bond acceptors (Lipinski definition) is 7. The molecule has 290 valence electrons. The minimum Gasteiger partial charge on any atom is -0.466 e. The summed E-state index contributed by atoms with van der Waals surface area (Å²) in [5, 5.41) is 1.88. The van der Waals surface area contributed by atoms with Gasteiger partial charge in [-0.1, -0.05) is 179 Å². The van der Waals surface area contributed by atoms with Crippen molar-refractivity contribution < 1.29 is 33.0 Å². The predicted octanol–water partition coefficient (Wildman–Crippen LogP) is 7.85. The third-order valence-corrected chi connectivity index (χ3v) is 15.2. The molecule has 56 heavy (non-hydrogen) atoms. The maximum atomic E-state index is 14.7. The molecule has 1 heterocycles. The second kappa shape index (κ2) is 19.0. The van der Waals surface area contributed by atoms with Crippen molar-refractivity contribution in [3.05, 3.63) is 181 Å². The van der Waals surface area contributed by atoms with Gasteiger partial charge >= 0.3 is 12.1 Å². The molecule has 0 aliphatic carbocycles. The third-order valence-electron chi connectivity index (χ3n) is 10.2. The minimum atomic E-state index is -3.09. The van der Waals surface area contributed by atoms with Crippen molar-refractivity contribution in [1.82, 2.24) is 4.90 Å². The Labute approximate surface area is 331 Å². The zero-order valence-electron chi connectivity index (χ0n) is 32.5. The Morgan fingerprint density at radius 3 is 1.50 bits per heavy atom. The molecule has 0 radical (unpaired) electrons. The summed E-state index contributed by atoms with van der Waals surface area (Å²) < 4.78 is 32.3. The van der Waals surface area contributed by atoms with Gasteiger partial charge in [-0.15, -0.1) is 0 Å². The van der Waals surface area contributed by atoms with E-state index in [0.717, 1.165) is 27.1 Å². The SMILES string of the molecule is COC(=O)/C=C/[C@@H]1[C@@H](OCc2ccccc2)[C@H](OCc2ccccc2)[C@@H](CO[Si](c2ccccc2)(c2ccccc2)C(C)(C)C)N1C(=O)OCc1ccccc1. The van der Waals surface area contributed by atoms with Crippen molar-refractivity contribution in [3.63, 3.8) is 0 Å². The van der Waals surface area contributed by atoms with Gasteiger partial charge < -0.3 is 23.4 Å². The molecule has 0 N–H and O–H groups in total. The van der Waals surface area contributed by atoms with E-state index in [-0.39, 0.29) is 31.5 Å². The van der Waals surface area contributed by atoms with Gasteiger partial charge in [-0.05, 0) is 32.1 Å². The first-order valence-corrected chi connectivity index (χ1v) is 20.9. The zero-order valence-corrected chi connectivity index (χ0v) is 33.5. The van der Waals surface area contributed by atoms with Crippen molar-refractivity contribution in [2.75, 3.05) is 13.7 Å². The maximum Gasteiger partial charge on any atom is 0.411 e. The van der Waals surface area contributed by atoms with Crippen LogP contribution in [0.1, 0.15) is 37.5 Å². The van der Waals surface area contributed by atoms with E-state index in [2.05, 4.69) is 45.0 Å². The van der Waals surface area contributed by atoms with E-state index in [1.807, 2.05) is 127 Å². The van der Waals surface area contributed by atoms with E-state index in [9.17, 15) is 9.59 Å². The molecule has 0 unspecified atom stereocenters. The molecule has 0 saturated carbocycles. The Hall–Kier alpha value is -5.32. The number of hydrogen-bond donors (Lipinski definition) is 0. The van der Waals surface area contributed by atoms with Crippen molar-refractivity contribution in [2.24, 2.45) is 0 Å². The third kappa shape index (κ3) is 9.54. The van der Waals surface area contributed by atoms with E-state index < -0.39 is 44.7 Å². The second-order valence-corrected chi connectivity index (χ2v) is 19.2. The molecule has 1 amide bonds. The number of carbonyl (C=O) groups is 2. The summed E-state index contributed by atoms with van der Waals surface area (Å²) in [6.07, 6.45) is 0.988. The van der Waals surface area contributed by atoms with Gasteiger partial charge in [-0.2, -0.15) is 0 Å². The maximum absolute atomic E-state index is 14.7. The number of nitrogens with zero attached hydrogens (tertiary/aromatic N) is 1. The molecule has 4 atom stereocenters. The molecule has 1 fully saturated rings. The van der Waals surface area contributed by atoms with E-state index >= 15 is 0 Å². The summed E-state index contributed by atoms with van der Waals surface area (Å²) in [6.45, 7) is 7.31. The van der Waals surface area contributed by atoms with E-state index in [1.54, 1.807) is 11.0 Å². The molecule has 9 heteroatoms. The molecule has 1 aliphatic rings. The molecule has 6 rings (SSSR count). The Bertz CT molecular complexity index is 1950. The highest BCUT2D eigenvalue weighted by Crippen LogP contribution is 2.39. The van der Waals surface area contributed by atoms with Crippen LogP contribution in [0.15, 0.2) is 164 Å². The monoisotopic (exact) mass is 769 g/mol. The zero-order chi connectivity index (χ0) is 39.4. The molecule has 5 aromatic carbocycles. The Balaban J connectivity index is 1.47. The Morgan fingerprint density at radius 1 is 0.625 bits per heavy atom. The van der Waals surface area contributed by atoms with Gasteiger partial charge in [-0.25, -0.2) is 9.59 Å². The second-order valence-electron chi connectivity index (χ2n) is 14.9. The van der Waals surface area contributed by atoms with Crippen LogP contribution in [-0.4, -0.2) is 63.3 Å². The number of esters is 1. The molecule has 8 nitrogen and oxygen atoms in total. The number of likely N-dealkylation sites (tertiary alicyclic amines) is 1. The fourth-order valence-electron chi connectivity index (χ4n) is 7.53. The van der Waals surface area contributed by atoms with Crippen molar-refractivity contribution >= 4 is 30.8 Å². The molecule has 1 aliphatic heterocycles. The number of rotatable bonds is 15. The van der Waals surface area contributed by atoms with E-state index in [4.69, 9.17) is 23.4 Å². The molecular weight excluding hydrogens is 719 g/mol. The quantitative estimate of drug-likeness (QED) is 0.0610. The lowest BCUT2D eigenvalue weighted by atomic mass is 10.1. The normalized spacial score (nSPS) is 18.5. The summed E-state index contributed by atoms with van der Waals surface area (Å²) in [5.74, 6) is -0.557. The highest BCUT2D eigenvalue weighted by molar-refractivity contribution is 6.99. The smallest absolute Gasteiger partial charge is 0.411 e. The van der Waals surface area contributed by atoms with Crippen LogP contribution >= 0.6 is 0 Å². The highest BCUT2D eigenvalue weighted by Gasteiger charge is 2.56. The molecular formula is C47H51NO7Si.